The first-order valence-electron chi connectivity index (χ1n) is 3.93. The maximum Gasteiger partial charge on any atom is 0.227 e. The third-order valence-electron chi connectivity index (χ3n) is 1.73. The van der Waals surface area contributed by atoms with Crippen molar-refractivity contribution in [2.24, 2.45) is 5.50 Å². The van der Waals surface area contributed by atoms with Crippen LogP contribution >= 0.6 is 8.30 Å². The van der Waals surface area contributed by atoms with Gasteiger partial charge >= 0.3 is 0 Å². The molecule has 0 aliphatic heterocycles. The molecule has 0 aromatic carbocycles. The van der Waals surface area contributed by atoms with Gasteiger partial charge in [0.25, 0.3) is 0 Å². The zero-order valence-electron chi connectivity index (χ0n) is 7.63. The molecule has 0 aromatic rings. The van der Waals surface area contributed by atoms with Crippen LogP contribution in [0.2, 0.25) is 0 Å². The molecule has 0 rings (SSSR count). The van der Waals surface area contributed by atoms with Crippen molar-refractivity contribution in [1.29, 1.82) is 0 Å². The van der Waals surface area contributed by atoms with Crippen LogP contribution in [-0.2, 0) is 4.79 Å². The molecule has 1 unspecified atom stereocenters. The Balaban J connectivity index is 4.43. The van der Waals surface area contributed by atoms with E-state index in [1.54, 1.807) is 0 Å². The van der Waals surface area contributed by atoms with E-state index >= 15 is 0 Å². The second kappa shape index (κ2) is 6.41. The largest absolute Gasteiger partial charge is 0.394 e. The van der Waals surface area contributed by atoms with E-state index in [1.165, 1.54) is 0 Å². The molecule has 9 heteroatoms. The predicted molar refractivity (Wildman–Crippen MR) is 49.4 cm³/mol. The smallest absolute Gasteiger partial charge is 0.227 e. The van der Waals surface area contributed by atoms with Gasteiger partial charge in [-0.2, -0.15) is 0 Å². The maximum absolute atomic E-state index is 10.9. The lowest BCUT2D eigenvalue weighted by Crippen LogP contribution is -2.48. The van der Waals surface area contributed by atoms with Crippen molar-refractivity contribution < 1.29 is 35.2 Å². The molecule has 0 aromatic heterocycles. The Labute approximate surface area is 86.5 Å². The third-order valence-corrected chi connectivity index (χ3v) is 2.45. The van der Waals surface area contributed by atoms with Gasteiger partial charge in [0.1, 0.15) is 24.4 Å². The van der Waals surface area contributed by atoms with Crippen LogP contribution in [-0.4, -0.2) is 67.0 Å². The molecule has 5 atom stereocenters. The maximum atomic E-state index is 10.9. The first kappa shape index (κ1) is 14.8. The molecule has 0 amide bonds. The molecule has 0 saturated carbocycles. The molecule has 8 nitrogen and oxygen atoms in total. The van der Waals surface area contributed by atoms with Crippen molar-refractivity contribution >= 4 is 13.8 Å². The summed E-state index contributed by atoms with van der Waals surface area (Å²) < 4.78 is 0. The molecule has 15 heavy (non-hydrogen) atoms. The van der Waals surface area contributed by atoms with Crippen LogP contribution in [0, 0.1) is 0 Å². The normalized spacial score (nSPS) is 21.5. The zero-order valence-corrected chi connectivity index (χ0v) is 8.53. The minimum Gasteiger partial charge on any atom is -0.394 e. The Morgan fingerprint density at radius 3 is 2.00 bits per heavy atom. The molecule has 0 heterocycles. The van der Waals surface area contributed by atoms with Crippen molar-refractivity contribution in [3.63, 3.8) is 0 Å². The Morgan fingerprint density at radius 2 is 1.67 bits per heavy atom. The Kier molecular flexibility index (Phi) is 6.34. The molecule has 0 aliphatic carbocycles. The fourth-order valence-corrected chi connectivity index (χ4v) is 1.23. The van der Waals surface area contributed by atoms with Gasteiger partial charge in [0, 0.05) is 0 Å². The summed E-state index contributed by atoms with van der Waals surface area (Å²) >= 11 is 0. The van der Waals surface area contributed by atoms with E-state index < -0.39 is 44.8 Å². The fraction of sp³-hybridized carbons (Fsp3) is 0.833. The number of aliphatic hydroxyl groups is 5. The average molecular weight is 243 g/mol. The minimum atomic E-state index is -2.59. The highest BCUT2D eigenvalue weighted by Gasteiger charge is 2.36. The van der Waals surface area contributed by atoms with Crippen LogP contribution in [0.1, 0.15) is 0 Å². The van der Waals surface area contributed by atoms with E-state index in [1.807, 2.05) is 0 Å². The molecule has 90 valence electrons. The lowest BCUT2D eigenvalue weighted by molar-refractivity contribution is -0.140. The first-order chi connectivity index (χ1) is 6.82. The molecular weight excluding hydrogens is 229 g/mol. The number of rotatable bonds is 6. The van der Waals surface area contributed by atoms with E-state index in [-0.39, 0.29) is 0 Å². The van der Waals surface area contributed by atoms with Gasteiger partial charge in [-0.3, -0.25) is 10.3 Å². The first-order valence-corrected chi connectivity index (χ1v) is 5.30. The van der Waals surface area contributed by atoms with Crippen molar-refractivity contribution in [3.8, 4) is 0 Å². The van der Waals surface area contributed by atoms with Crippen LogP contribution in [0.4, 0.5) is 0 Å². The number of carbonyl (C=O) groups excluding carboxylic acids is 1. The van der Waals surface area contributed by atoms with Gasteiger partial charge in [-0.05, 0) is 0 Å². The van der Waals surface area contributed by atoms with Gasteiger partial charge in [-0.25, -0.2) is 0 Å². The van der Waals surface area contributed by atoms with Crippen LogP contribution in [0.25, 0.3) is 0 Å². The molecule has 0 bridgehead atoms. The van der Waals surface area contributed by atoms with E-state index in [0.29, 0.717) is 0 Å². The quantitative estimate of drug-likeness (QED) is 0.233. The lowest BCUT2D eigenvalue weighted by atomic mass is 10.0. The topological polar surface area (TPSA) is 164 Å². The molecule has 8 N–H and O–H groups in total. The Morgan fingerprint density at radius 1 is 1.20 bits per heavy atom. The molecule has 0 fully saturated rings. The molecule has 0 radical (unpaired) electrons. The monoisotopic (exact) mass is 243 g/mol. The van der Waals surface area contributed by atoms with Crippen LogP contribution in [0.5, 0.6) is 0 Å². The van der Waals surface area contributed by atoms with Gasteiger partial charge in [-0.1, -0.05) is 0 Å². The van der Waals surface area contributed by atoms with E-state index in [9.17, 15) is 4.79 Å². The summed E-state index contributed by atoms with van der Waals surface area (Å²) in [6, 6.07) is 0. The highest BCUT2D eigenvalue weighted by atomic mass is 31.2. The molecule has 0 aliphatic rings. The SMILES string of the molecule is NP(O)C(=O)[C@H](O)[C@@H](O)[C@@H](O)[C@H](O)CO. The van der Waals surface area contributed by atoms with E-state index in [2.05, 4.69) is 0 Å². The second-order valence-corrected chi connectivity index (χ2v) is 3.99. The van der Waals surface area contributed by atoms with Crippen LogP contribution < -0.4 is 5.50 Å². The van der Waals surface area contributed by atoms with Gasteiger partial charge in [0.15, 0.2) is 8.30 Å². The van der Waals surface area contributed by atoms with Crippen molar-refractivity contribution in [2.45, 2.75) is 24.4 Å². The number of aliphatic hydroxyl groups excluding tert-OH is 5. The predicted octanol–water partition coefficient (Wildman–Crippen LogP) is -3.79. The Hall–Kier alpha value is -0.180. The van der Waals surface area contributed by atoms with Gasteiger partial charge in [0.05, 0.1) is 6.61 Å². The lowest BCUT2D eigenvalue weighted by Gasteiger charge is -2.24. The van der Waals surface area contributed by atoms with Crippen LogP contribution in [0.15, 0.2) is 0 Å². The van der Waals surface area contributed by atoms with Crippen LogP contribution in [0.3, 0.4) is 0 Å². The van der Waals surface area contributed by atoms with Crippen molar-refractivity contribution in [1.82, 2.24) is 0 Å². The van der Waals surface area contributed by atoms with E-state index in [4.69, 9.17) is 35.9 Å². The van der Waals surface area contributed by atoms with E-state index in [0.717, 1.165) is 0 Å². The fourth-order valence-electron chi connectivity index (χ4n) is 0.804. The van der Waals surface area contributed by atoms with Gasteiger partial charge in [0.2, 0.25) is 5.52 Å². The zero-order chi connectivity index (χ0) is 12.2. The number of hydrogen-bond acceptors (Lipinski definition) is 8. The summed E-state index contributed by atoms with van der Waals surface area (Å²) in [5, 5.41) is 44.7. The second-order valence-electron chi connectivity index (χ2n) is 2.86. The van der Waals surface area contributed by atoms with Gasteiger partial charge < -0.3 is 30.4 Å². The average Bonchev–Trinajstić information content (AvgIpc) is 2.23. The number of carbonyl (C=O) groups is 1. The summed E-state index contributed by atoms with van der Waals surface area (Å²) in [5.74, 6) is 0. The molecule has 0 saturated heterocycles. The standard InChI is InChI=1S/C6H14NO7P/c7-15(14)6(13)5(12)4(11)3(10)2(9)1-8/h2-5,8-12,14H,1,7H2/t2-,3+,4+,5-,15?/m1/s1. The van der Waals surface area contributed by atoms with Crippen molar-refractivity contribution in [3.05, 3.63) is 0 Å². The van der Waals surface area contributed by atoms with Gasteiger partial charge in [-0.15, -0.1) is 0 Å². The van der Waals surface area contributed by atoms with Crippen molar-refractivity contribution in [2.75, 3.05) is 6.61 Å². The molecular formula is C6H14NO7P. The molecule has 0 spiro atoms. The highest BCUT2D eigenvalue weighted by molar-refractivity contribution is 7.67. The third kappa shape index (κ3) is 4.06. The number of nitrogens with two attached hydrogens (primary N) is 1. The summed E-state index contributed by atoms with van der Waals surface area (Å²) in [5.41, 5.74) is 3.56. The summed E-state index contributed by atoms with van der Waals surface area (Å²) in [4.78, 5) is 19.5. The summed E-state index contributed by atoms with van der Waals surface area (Å²) in [7, 11) is -2.59. The minimum absolute atomic E-state index is 0.852. The number of hydrogen-bond donors (Lipinski definition) is 7. The summed E-state index contributed by atoms with van der Waals surface area (Å²) in [6.07, 6.45) is -7.75. The Bertz CT molecular complexity index is 214. The highest BCUT2D eigenvalue weighted by Crippen LogP contribution is 2.23. The summed E-state index contributed by atoms with van der Waals surface area (Å²) in [6.45, 7) is -0.852.